The quantitative estimate of drug-likeness (QED) is 0.200. The fourth-order valence-electron chi connectivity index (χ4n) is 2.66. The van der Waals surface area contributed by atoms with Crippen molar-refractivity contribution in [2.24, 2.45) is 0 Å². The van der Waals surface area contributed by atoms with Gasteiger partial charge in [-0.05, 0) is 12.8 Å². The van der Waals surface area contributed by atoms with E-state index < -0.39 is 34.7 Å². The number of carbonyl (C=O) groups excluding carboxylic acids is 2. The fourth-order valence-corrected chi connectivity index (χ4v) is 3.18. The predicted molar refractivity (Wildman–Crippen MR) is 108 cm³/mol. The highest BCUT2D eigenvalue weighted by atomic mass is 32.2. The standard InChI is InChI=1S/C20H38O6S/c1-3-5-7-9-11-13-15-25-19(21)17-18(27(23)24)20(22)26-16-14-12-10-8-6-4-2/h18H,3-17H2,1-2H3,(H,23,24). The topological polar surface area (TPSA) is 89.9 Å². The van der Waals surface area contributed by atoms with E-state index in [1.54, 1.807) is 0 Å². The number of esters is 2. The van der Waals surface area contributed by atoms with E-state index in [0.29, 0.717) is 0 Å². The van der Waals surface area contributed by atoms with E-state index in [0.717, 1.165) is 44.9 Å². The van der Waals surface area contributed by atoms with Crippen molar-refractivity contribution in [3.8, 4) is 0 Å². The van der Waals surface area contributed by atoms with Gasteiger partial charge in [-0.2, -0.15) is 0 Å². The van der Waals surface area contributed by atoms with Crippen LogP contribution in [-0.2, 0) is 30.1 Å². The summed E-state index contributed by atoms with van der Waals surface area (Å²) in [5.41, 5.74) is 0. The van der Waals surface area contributed by atoms with E-state index in [4.69, 9.17) is 9.47 Å². The van der Waals surface area contributed by atoms with E-state index in [-0.39, 0.29) is 13.2 Å². The van der Waals surface area contributed by atoms with Gasteiger partial charge in [0.2, 0.25) is 0 Å². The molecule has 2 atom stereocenters. The Balaban J connectivity index is 3.94. The number of ether oxygens (including phenoxy) is 2. The van der Waals surface area contributed by atoms with Crippen molar-refractivity contribution in [3.05, 3.63) is 0 Å². The molecule has 0 rings (SSSR count). The van der Waals surface area contributed by atoms with Crippen molar-refractivity contribution in [3.63, 3.8) is 0 Å². The van der Waals surface area contributed by atoms with Crippen molar-refractivity contribution in [2.45, 2.75) is 103 Å². The third-order valence-electron chi connectivity index (χ3n) is 4.36. The molecule has 0 bridgehead atoms. The summed E-state index contributed by atoms with van der Waals surface area (Å²) in [5, 5.41) is -1.37. The molecule has 0 amide bonds. The third-order valence-corrected chi connectivity index (χ3v) is 5.21. The summed E-state index contributed by atoms with van der Waals surface area (Å²) < 4.78 is 30.8. The van der Waals surface area contributed by atoms with Gasteiger partial charge >= 0.3 is 11.9 Å². The van der Waals surface area contributed by atoms with Crippen LogP contribution in [0.3, 0.4) is 0 Å². The lowest BCUT2D eigenvalue weighted by molar-refractivity contribution is -0.150. The van der Waals surface area contributed by atoms with Gasteiger partial charge < -0.3 is 14.0 Å². The number of carbonyl (C=O) groups is 2. The maximum Gasteiger partial charge on any atom is 0.324 e. The normalized spacial score (nSPS) is 13.1. The molecule has 0 aromatic carbocycles. The zero-order valence-electron chi connectivity index (χ0n) is 17.1. The van der Waals surface area contributed by atoms with Crippen LogP contribution in [-0.4, -0.2) is 39.2 Å². The Morgan fingerprint density at radius 3 is 1.70 bits per heavy atom. The Morgan fingerprint density at radius 1 is 0.778 bits per heavy atom. The molecule has 0 radical (unpaired) electrons. The molecule has 0 fully saturated rings. The lowest BCUT2D eigenvalue weighted by Gasteiger charge is -2.12. The third kappa shape index (κ3) is 15.8. The Labute approximate surface area is 167 Å². The Morgan fingerprint density at radius 2 is 1.22 bits per heavy atom. The zero-order valence-corrected chi connectivity index (χ0v) is 17.9. The van der Waals surface area contributed by atoms with Crippen molar-refractivity contribution < 1.29 is 27.8 Å². The summed E-state index contributed by atoms with van der Waals surface area (Å²) >= 11 is -2.45. The predicted octanol–water partition coefficient (Wildman–Crippen LogP) is 4.77. The number of rotatable bonds is 18. The minimum absolute atomic E-state index is 0.214. The highest BCUT2D eigenvalue weighted by molar-refractivity contribution is 7.80. The molecule has 0 aliphatic carbocycles. The molecule has 0 aromatic rings. The summed E-state index contributed by atoms with van der Waals surface area (Å²) in [6, 6.07) is 0. The lowest BCUT2D eigenvalue weighted by Crippen LogP contribution is -2.31. The van der Waals surface area contributed by atoms with Gasteiger partial charge in [-0.1, -0.05) is 78.1 Å². The van der Waals surface area contributed by atoms with Gasteiger partial charge in [-0.25, -0.2) is 4.21 Å². The average molecular weight is 407 g/mol. The highest BCUT2D eigenvalue weighted by Gasteiger charge is 2.29. The first-order valence-electron chi connectivity index (χ1n) is 10.4. The first-order chi connectivity index (χ1) is 13.0. The van der Waals surface area contributed by atoms with Crippen LogP contribution in [0.4, 0.5) is 0 Å². The molecule has 0 saturated heterocycles. The first kappa shape index (κ1) is 26.1. The van der Waals surface area contributed by atoms with Gasteiger partial charge in [0.05, 0.1) is 19.6 Å². The molecule has 0 spiro atoms. The lowest BCUT2D eigenvalue weighted by atomic mass is 10.1. The van der Waals surface area contributed by atoms with Gasteiger partial charge in [0.25, 0.3) is 0 Å². The molecule has 0 heterocycles. The second-order valence-corrected chi connectivity index (χ2v) is 8.01. The van der Waals surface area contributed by atoms with Crippen LogP contribution in [0.2, 0.25) is 0 Å². The van der Waals surface area contributed by atoms with Gasteiger partial charge in [-0.15, -0.1) is 0 Å². The van der Waals surface area contributed by atoms with Crippen LogP contribution in [0, 0.1) is 0 Å². The van der Waals surface area contributed by atoms with E-state index in [1.807, 2.05) is 0 Å². The molecular formula is C20H38O6S. The molecular weight excluding hydrogens is 368 g/mol. The van der Waals surface area contributed by atoms with Gasteiger partial charge in [0.1, 0.15) is 0 Å². The summed E-state index contributed by atoms with van der Waals surface area (Å²) in [6.45, 7) is 4.80. The second-order valence-electron chi connectivity index (χ2n) is 6.89. The van der Waals surface area contributed by atoms with Gasteiger partial charge in [0.15, 0.2) is 16.3 Å². The molecule has 7 heteroatoms. The molecule has 0 aromatic heterocycles. The van der Waals surface area contributed by atoms with Gasteiger partial charge in [0, 0.05) is 0 Å². The minimum atomic E-state index is -2.45. The molecule has 0 saturated carbocycles. The monoisotopic (exact) mass is 406 g/mol. The van der Waals surface area contributed by atoms with Crippen molar-refractivity contribution >= 4 is 23.0 Å². The summed E-state index contributed by atoms with van der Waals surface area (Å²) in [6.07, 6.45) is 12.3. The maximum absolute atomic E-state index is 11.9. The van der Waals surface area contributed by atoms with Crippen LogP contribution >= 0.6 is 0 Å². The summed E-state index contributed by atoms with van der Waals surface area (Å²) in [7, 11) is 0. The molecule has 0 aliphatic heterocycles. The number of hydrogen-bond donors (Lipinski definition) is 1. The van der Waals surface area contributed by atoms with Crippen molar-refractivity contribution in [1.29, 1.82) is 0 Å². The summed E-state index contributed by atoms with van der Waals surface area (Å²) in [4.78, 5) is 23.7. The molecule has 2 unspecified atom stereocenters. The minimum Gasteiger partial charge on any atom is -0.466 e. The summed E-state index contributed by atoms with van der Waals surface area (Å²) in [5.74, 6) is -1.44. The Kier molecular flexibility index (Phi) is 17.8. The molecule has 1 N–H and O–H groups in total. The van der Waals surface area contributed by atoms with Crippen LogP contribution in [0.1, 0.15) is 97.3 Å². The number of unbranched alkanes of at least 4 members (excludes halogenated alkanes) is 10. The van der Waals surface area contributed by atoms with Gasteiger partial charge in [-0.3, -0.25) is 9.59 Å². The van der Waals surface area contributed by atoms with Crippen LogP contribution in [0.25, 0.3) is 0 Å². The number of hydrogen-bond acceptors (Lipinski definition) is 5. The average Bonchev–Trinajstić information content (AvgIpc) is 2.64. The van der Waals surface area contributed by atoms with Crippen LogP contribution in [0.15, 0.2) is 0 Å². The molecule has 6 nitrogen and oxygen atoms in total. The van der Waals surface area contributed by atoms with E-state index in [1.165, 1.54) is 32.1 Å². The van der Waals surface area contributed by atoms with E-state index >= 15 is 0 Å². The van der Waals surface area contributed by atoms with E-state index in [9.17, 15) is 18.4 Å². The Bertz CT molecular complexity index is 413. The Hall–Kier alpha value is -0.950. The highest BCUT2D eigenvalue weighted by Crippen LogP contribution is 2.09. The van der Waals surface area contributed by atoms with Crippen molar-refractivity contribution in [1.82, 2.24) is 0 Å². The maximum atomic E-state index is 11.9. The fraction of sp³-hybridized carbons (Fsp3) is 0.900. The SMILES string of the molecule is CCCCCCCCOC(=O)CC(C(=O)OCCCCCCCC)S(=O)O. The van der Waals surface area contributed by atoms with Crippen LogP contribution < -0.4 is 0 Å². The molecule has 27 heavy (non-hydrogen) atoms. The smallest absolute Gasteiger partial charge is 0.324 e. The van der Waals surface area contributed by atoms with Crippen molar-refractivity contribution in [2.75, 3.05) is 13.2 Å². The zero-order chi connectivity index (χ0) is 20.3. The van der Waals surface area contributed by atoms with E-state index in [2.05, 4.69) is 13.8 Å². The molecule has 0 aliphatic rings. The van der Waals surface area contributed by atoms with Crippen LogP contribution in [0.5, 0.6) is 0 Å². The second kappa shape index (κ2) is 18.4. The molecule has 160 valence electrons. The first-order valence-corrected chi connectivity index (χ1v) is 11.6. The largest absolute Gasteiger partial charge is 0.466 e.